The van der Waals surface area contributed by atoms with Crippen molar-refractivity contribution in [2.24, 2.45) is 5.73 Å². The van der Waals surface area contributed by atoms with Crippen molar-refractivity contribution in [2.45, 2.75) is 32.2 Å². The topological polar surface area (TPSA) is 44.5 Å². The Balaban J connectivity index is 2.38. The van der Waals surface area contributed by atoms with Gasteiger partial charge in [-0.2, -0.15) is 0 Å². The lowest BCUT2D eigenvalue weighted by atomic mass is 9.97. The highest BCUT2D eigenvalue weighted by atomic mass is 15.5. The Labute approximate surface area is 93.8 Å². The minimum Gasteiger partial charge on any atom is -0.329 e. The van der Waals surface area contributed by atoms with Gasteiger partial charge in [0.05, 0.1) is 0 Å². The summed E-state index contributed by atoms with van der Waals surface area (Å²) in [6.07, 6.45) is 2.31. The minimum atomic E-state index is 0.0741. The van der Waals surface area contributed by atoms with Gasteiger partial charge in [-0.05, 0) is 20.4 Å². The molecule has 3 N–H and O–H groups in total. The summed E-state index contributed by atoms with van der Waals surface area (Å²) < 4.78 is 0. The van der Waals surface area contributed by atoms with Crippen LogP contribution in [0.1, 0.15) is 26.7 Å². The summed E-state index contributed by atoms with van der Waals surface area (Å²) in [5.41, 5.74) is 9.50. The van der Waals surface area contributed by atoms with Crippen molar-refractivity contribution in [1.82, 2.24) is 15.3 Å². The second-order valence-electron chi connectivity index (χ2n) is 4.92. The van der Waals surface area contributed by atoms with E-state index in [1.54, 1.807) is 0 Å². The summed E-state index contributed by atoms with van der Waals surface area (Å²) in [7, 11) is 2.17. The van der Waals surface area contributed by atoms with E-state index < -0.39 is 0 Å². The van der Waals surface area contributed by atoms with Crippen LogP contribution in [-0.4, -0.2) is 55.2 Å². The van der Waals surface area contributed by atoms with Crippen LogP contribution in [0.4, 0.5) is 0 Å². The van der Waals surface area contributed by atoms with E-state index in [1.165, 1.54) is 6.42 Å². The zero-order valence-electron chi connectivity index (χ0n) is 10.4. The lowest BCUT2D eigenvalue weighted by Crippen LogP contribution is -2.60. The SMILES string of the molecule is CCCC(C)(CN)NN1CCN(C)CC1. The third-order valence-corrected chi connectivity index (χ3v) is 3.18. The van der Waals surface area contributed by atoms with Gasteiger partial charge in [-0.25, -0.2) is 10.4 Å². The predicted molar refractivity (Wildman–Crippen MR) is 64.6 cm³/mol. The molecule has 1 aliphatic heterocycles. The normalized spacial score (nSPS) is 24.0. The molecule has 4 heteroatoms. The van der Waals surface area contributed by atoms with E-state index in [-0.39, 0.29) is 5.54 Å². The monoisotopic (exact) mass is 214 g/mol. The van der Waals surface area contributed by atoms with Crippen LogP contribution in [0.2, 0.25) is 0 Å². The van der Waals surface area contributed by atoms with Crippen LogP contribution < -0.4 is 11.2 Å². The Bertz CT molecular complexity index is 177. The lowest BCUT2D eigenvalue weighted by Gasteiger charge is -2.40. The van der Waals surface area contributed by atoms with Crippen molar-refractivity contribution < 1.29 is 0 Å². The Morgan fingerprint density at radius 2 is 1.87 bits per heavy atom. The highest BCUT2D eigenvalue weighted by Crippen LogP contribution is 2.12. The fourth-order valence-electron chi connectivity index (χ4n) is 2.06. The number of nitrogens with two attached hydrogens (primary N) is 1. The number of rotatable bonds is 5. The number of likely N-dealkylation sites (N-methyl/N-ethyl adjacent to an activating group) is 1. The molecule has 1 rings (SSSR count). The molecule has 0 bridgehead atoms. The van der Waals surface area contributed by atoms with Gasteiger partial charge in [-0.3, -0.25) is 0 Å². The average Bonchev–Trinajstić information content (AvgIpc) is 2.22. The lowest BCUT2D eigenvalue weighted by molar-refractivity contribution is 0.0574. The molecule has 0 amide bonds. The van der Waals surface area contributed by atoms with Gasteiger partial charge >= 0.3 is 0 Å². The van der Waals surface area contributed by atoms with Crippen LogP contribution in [0.5, 0.6) is 0 Å². The van der Waals surface area contributed by atoms with Crippen molar-refractivity contribution in [3.05, 3.63) is 0 Å². The first-order valence-corrected chi connectivity index (χ1v) is 6.01. The largest absolute Gasteiger partial charge is 0.329 e. The van der Waals surface area contributed by atoms with Gasteiger partial charge in [0.25, 0.3) is 0 Å². The van der Waals surface area contributed by atoms with Gasteiger partial charge in [0.2, 0.25) is 0 Å². The Morgan fingerprint density at radius 1 is 1.27 bits per heavy atom. The molecule has 0 aliphatic carbocycles. The summed E-state index contributed by atoms with van der Waals surface area (Å²) in [6.45, 7) is 9.59. The first-order valence-electron chi connectivity index (χ1n) is 6.01. The summed E-state index contributed by atoms with van der Waals surface area (Å²) in [4.78, 5) is 2.36. The number of nitrogens with one attached hydrogen (secondary N) is 1. The first kappa shape index (κ1) is 12.9. The number of piperazine rings is 1. The summed E-state index contributed by atoms with van der Waals surface area (Å²) >= 11 is 0. The summed E-state index contributed by atoms with van der Waals surface area (Å²) in [5, 5.41) is 2.32. The van der Waals surface area contributed by atoms with Crippen LogP contribution in [-0.2, 0) is 0 Å². The van der Waals surface area contributed by atoms with Crippen LogP contribution in [0.25, 0.3) is 0 Å². The number of hydrazine groups is 1. The maximum absolute atomic E-state index is 5.84. The number of hydrogen-bond donors (Lipinski definition) is 2. The molecular weight excluding hydrogens is 188 g/mol. The highest BCUT2D eigenvalue weighted by Gasteiger charge is 2.25. The third kappa shape index (κ3) is 4.07. The van der Waals surface area contributed by atoms with Crippen molar-refractivity contribution in [2.75, 3.05) is 39.8 Å². The highest BCUT2D eigenvalue weighted by molar-refractivity contribution is 4.83. The smallest absolute Gasteiger partial charge is 0.0419 e. The molecule has 1 aliphatic rings. The number of nitrogens with zero attached hydrogens (tertiary/aromatic N) is 2. The zero-order chi connectivity index (χ0) is 11.3. The quantitative estimate of drug-likeness (QED) is 0.689. The van der Waals surface area contributed by atoms with Gasteiger partial charge in [0.15, 0.2) is 0 Å². The van der Waals surface area contributed by atoms with Crippen molar-refractivity contribution in [1.29, 1.82) is 0 Å². The van der Waals surface area contributed by atoms with Gasteiger partial charge in [0, 0.05) is 38.3 Å². The molecule has 0 aromatic carbocycles. The third-order valence-electron chi connectivity index (χ3n) is 3.18. The van der Waals surface area contributed by atoms with Crippen molar-refractivity contribution in [3.8, 4) is 0 Å². The Hall–Kier alpha value is -0.160. The Morgan fingerprint density at radius 3 is 2.33 bits per heavy atom. The fourth-order valence-corrected chi connectivity index (χ4v) is 2.06. The molecule has 90 valence electrons. The summed E-state index contributed by atoms with van der Waals surface area (Å²) in [5.74, 6) is 0. The maximum atomic E-state index is 5.84. The second-order valence-corrected chi connectivity index (χ2v) is 4.92. The molecule has 1 atom stereocenters. The van der Waals surface area contributed by atoms with E-state index in [2.05, 4.69) is 36.2 Å². The van der Waals surface area contributed by atoms with E-state index in [0.29, 0.717) is 6.54 Å². The fraction of sp³-hybridized carbons (Fsp3) is 1.00. The molecule has 15 heavy (non-hydrogen) atoms. The molecule has 1 unspecified atom stereocenters. The number of hydrogen-bond acceptors (Lipinski definition) is 4. The summed E-state index contributed by atoms with van der Waals surface area (Å²) in [6, 6.07) is 0. The van der Waals surface area contributed by atoms with Gasteiger partial charge in [0.1, 0.15) is 0 Å². The molecule has 1 heterocycles. The molecule has 1 fully saturated rings. The van der Waals surface area contributed by atoms with E-state index in [4.69, 9.17) is 5.73 Å². The van der Waals surface area contributed by atoms with Gasteiger partial charge in [-0.15, -0.1) is 0 Å². The van der Waals surface area contributed by atoms with E-state index in [9.17, 15) is 0 Å². The second kappa shape index (κ2) is 5.80. The van der Waals surface area contributed by atoms with Crippen LogP contribution in [0.3, 0.4) is 0 Å². The molecule has 0 saturated carbocycles. The van der Waals surface area contributed by atoms with Crippen molar-refractivity contribution >= 4 is 0 Å². The van der Waals surface area contributed by atoms with Crippen molar-refractivity contribution in [3.63, 3.8) is 0 Å². The molecular formula is C11H26N4. The van der Waals surface area contributed by atoms with E-state index in [1.807, 2.05) is 0 Å². The predicted octanol–water partition coefficient (Wildman–Crippen LogP) is 0.256. The molecule has 0 spiro atoms. The maximum Gasteiger partial charge on any atom is 0.0419 e. The van der Waals surface area contributed by atoms with Crippen LogP contribution in [0, 0.1) is 0 Å². The van der Waals surface area contributed by atoms with Gasteiger partial charge < -0.3 is 10.6 Å². The standard InChI is InChI=1S/C11H26N4/c1-4-5-11(2,10-12)13-15-8-6-14(3)7-9-15/h13H,4-10,12H2,1-3H3. The molecule has 4 nitrogen and oxygen atoms in total. The minimum absolute atomic E-state index is 0.0741. The molecule has 0 aromatic heterocycles. The van der Waals surface area contributed by atoms with Crippen LogP contribution in [0.15, 0.2) is 0 Å². The Kier molecular flexibility index (Phi) is 4.99. The zero-order valence-corrected chi connectivity index (χ0v) is 10.4. The molecule has 0 radical (unpaired) electrons. The molecule has 1 saturated heterocycles. The van der Waals surface area contributed by atoms with E-state index in [0.717, 1.165) is 32.6 Å². The van der Waals surface area contributed by atoms with Gasteiger partial charge in [-0.1, -0.05) is 13.3 Å². The first-order chi connectivity index (χ1) is 7.09. The van der Waals surface area contributed by atoms with Crippen LogP contribution >= 0.6 is 0 Å². The average molecular weight is 214 g/mol. The van der Waals surface area contributed by atoms with E-state index >= 15 is 0 Å². The molecule has 0 aromatic rings.